The molecule has 2 heterocycles. The molecule has 0 saturated carbocycles. The number of ether oxygens (including phenoxy) is 2. The molecule has 10 heteroatoms. The highest BCUT2D eigenvalue weighted by molar-refractivity contribution is 7.15. The Morgan fingerprint density at radius 3 is 2.58 bits per heavy atom. The standard InChI is InChI=1S/C23H18FN3O5S/c1-14-13-33-23-26-18(10-21(29)27(14)23)11-32-22(30)15-2-6-17(7-3-15)25-20(28)12-31-19-8-4-16(24)5-9-19/h2-10,13H,11-12H2,1H3,(H,25,28). The largest absolute Gasteiger partial charge is 0.484 e. The van der Waals surface area contributed by atoms with E-state index in [-0.39, 0.29) is 24.3 Å². The van der Waals surface area contributed by atoms with Crippen molar-refractivity contribution in [2.45, 2.75) is 13.5 Å². The summed E-state index contributed by atoms with van der Waals surface area (Å²) in [7, 11) is 0. The van der Waals surface area contributed by atoms with E-state index in [9.17, 15) is 18.8 Å². The van der Waals surface area contributed by atoms with Crippen molar-refractivity contribution < 1.29 is 23.5 Å². The van der Waals surface area contributed by atoms with Gasteiger partial charge in [0.15, 0.2) is 11.6 Å². The molecule has 2 aromatic carbocycles. The Morgan fingerprint density at radius 1 is 1.12 bits per heavy atom. The number of thiazole rings is 1. The van der Waals surface area contributed by atoms with Crippen molar-refractivity contribution in [3.8, 4) is 5.75 Å². The summed E-state index contributed by atoms with van der Waals surface area (Å²) >= 11 is 1.33. The maximum atomic E-state index is 12.9. The van der Waals surface area contributed by atoms with Crippen molar-refractivity contribution in [3.05, 3.63) is 93.1 Å². The van der Waals surface area contributed by atoms with Crippen molar-refractivity contribution in [1.29, 1.82) is 0 Å². The molecule has 0 bridgehead atoms. The van der Waals surface area contributed by atoms with Crippen molar-refractivity contribution >= 4 is 33.9 Å². The Hall–Kier alpha value is -4.05. The monoisotopic (exact) mass is 467 g/mol. The number of esters is 1. The number of aromatic nitrogens is 2. The number of halogens is 1. The van der Waals surface area contributed by atoms with Gasteiger partial charge in [0.1, 0.15) is 18.2 Å². The molecule has 2 aromatic heterocycles. The number of carbonyl (C=O) groups is 2. The molecule has 4 aromatic rings. The molecule has 0 saturated heterocycles. The molecule has 0 unspecified atom stereocenters. The highest BCUT2D eigenvalue weighted by Gasteiger charge is 2.11. The first-order chi connectivity index (χ1) is 15.9. The summed E-state index contributed by atoms with van der Waals surface area (Å²) in [5, 5.41) is 4.46. The van der Waals surface area contributed by atoms with Crippen LogP contribution in [0.1, 0.15) is 21.7 Å². The quantitative estimate of drug-likeness (QED) is 0.417. The lowest BCUT2D eigenvalue weighted by Crippen LogP contribution is -2.20. The Labute approximate surface area is 191 Å². The molecule has 0 atom stereocenters. The molecule has 0 aliphatic rings. The van der Waals surface area contributed by atoms with E-state index >= 15 is 0 Å². The number of amides is 1. The molecule has 33 heavy (non-hydrogen) atoms. The van der Waals surface area contributed by atoms with Crippen LogP contribution in [0.4, 0.5) is 10.1 Å². The number of aryl methyl sites for hydroxylation is 1. The van der Waals surface area contributed by atoms with Crippen LogP contribution in [0, 0.1) is 12.7 Å². The Bertz CT molecular complexity index is 1360. The first kappa shape index (κ1) is 22.2. The molecule has 0 radical (unpaired) electrons. The Kier molecular flexibility index (Phi) is 6.45. The summed E-state index contributed by atoms with van der Waals surface area (Å²) in [5.41, 5.74) is 1.67. The minimum Gasteiger partial charge on any atom is -0.484 e. The van der Waals surface area contributed by atoms with Gasteiger partial charge < -0.3 is 14.8 Å². The van der Waals surface area contributed by atoms with E-state index < -0.39 is 17.7 Å². The number of fused-ring (bicyclic) bond motifs is 1. The second kappa shape index (κ2) is 9.61. The normalized spacial score (nSPS) is 10.7. The SMILES string of the molecule is Cc1csc2nc(COC(=O)c3ccc(NC(=O)COc4ccc(F)cc4)cc3)cc(=O)n12. The van der Waals surface area contributed by atoms with Crippen molar-refractivity contribution in [1.82, 2.24) is 9.38 Å². The van der Waals surface area contributed by atoms with E-state index in [1.165, 1.54) is 58.2 Å². The number of hydrogen-bond acceptors (Lipinski definition) is 7. The number of rotatable bonds is 7. The van der Waals surface area contributed by atoms with E-state index in [1.54, 1.807) is 12.1 Å². The van der Waals surface area contributed by atoms with Crippen LogP contribution in [-0.2, 0) is 16.1 Å². The Morgan fingerprint density at radius 2 is 1.85 bits per heavy atom. The van der Waals surface area contributed by atoms with Gasteiger partial charge >= 0.3 is 5.97 Å². The lowest BCUT2D eigenvalue weighted by Gasteiger charge is -2.08. The van der Waals surface area contributed by atoms with E-state index in [0.29, 0.717) is 22.1 Å². The molecule has 1 amide bonds. The van der Waals surface area contributed by atoms with Gasteiger partial charge in [-0.3, -0.25) is 14.0 Å². The molecule has 1 N–H and O–H groups in total. The number of benzene rings is 2. The van der Waals surface area contributed by atoms with Gasteiger partial charge in [0, 0.05) is 22.8 Å². The smallest absolute Gasteiger partial charge is 0.338 e. The Balaban J connectivity index is 1.30. The average Bonchev–Trinajstić information content (AvgIpc) is 3.18. The van der Waals surface area contributed by atoms with Gasteiger partial charge in [0.05, 0.1) is 11.3 Å². The van der Waals surface area contributed by atoms with Gasteiger partial charge in [-0.05, 0) is 55.5 Å². The number of nitrogens with one attached hydrogen (secondary N) is 1. The average molecular weight is 467 g/mol. The predicted octanol–water partition coefficient (Wildman–Crippen LogP) is 3.58. The molecule has 168 valence electrons. The number of nitrogens with zero attached hydrogens (tertiary/aromatic N) is 2. The molecule has 8 nitrogen and oxygen atoms in total. The lowest BCUT2D eigenvalue weighted by molar-refractivity contribution is -0.118. The summed E-state index contributed by atoms with van der Waals surface area (Å²) in [5.74, 6) is -1.02. The highest BCUT2D eigenvalue weighted by atomic mass is 32.1. The van der Waals surface area contributed by atoms with Crippen LogP contribution in [0.3, 0.4) is 0 Å². The van der Waals surface area contributed by atoms with Crippen LogP contribution in [0.25, 0.3) is 4.96 Å². The lowest BCUT2D eigenvalue weighted by atomic mass is 10.2. The first-order valence-corrected chi connectivity index (χ1v) is 10.7. The minimum absolute atomic E-state index is 0.138. The third-order valence-electron chi connectivity index (χ3n) is 4.57. The summed E-state index contributed by atoms with van der Waals surface area (Å²) in [6.45, 7) is 1.42. The predicted molar refractivity (Wildman–Crippen MR) is 120 cm³/mol. The number of carbonyl (C=O) groups excluding carboxylic acids is 2. The summed E-state index contributed by atoms with van der Waals surface area (Å²) < 4.78 is 24.9. The van der Waals surface area contributed by atoms with Crippen LogP contribution < -0.4 is 15.6 Å². The molecule has 0 aliphatic heterocycles. The van der Waals surface area contributed by atoms with Gasteiger partial charge in [0.2, 0.25) is 0 Å². The second-order valence-electron chi connectivity index (χ2n) is 7.03. The fourth-order valence-corrected chi connectivity index (χ4v) is 3.85. The van der Waals surface area contributed by atoms with E-state index in [2.05, 4.69) is 10.3 Å². The third kappa shape index (κ3) is 5.42. The zero-order valence-corrected chi connectivity index (χ0v) is 18.2. The fourth-order valence-electron chi connectivity index (χ4n) is 2.96. The summed E-state index contributed by atoms with van der Waals surface area (Å²) in [6, 6.07) is 12.8. The first-order valence-electron chi connectivity index (χ1n) is 9.81. The van der Waals surface area contributed by atoms with Crippen LogP contribution in [-0.4, -0.2) is 27.9 Å². The minimum atomic E-state index is -0.586. The maximum Gasteiger partial charge on any atom is 0.338 e. The van der Waals surface area contributed by atoms with E-state index in [1.807, 2.05) is 12.3 Å². The van der Waals surface area contributed by atoms with Gasteiger partial charge in [-0.25, -0.2) is 14.2 Å². The third-order valence-corrected chi connectivity index (χ3v) is 5.51. The van der Waals surface area contributed by atoms with Crippen molar-refractivity contribution in [2.24, 2.45) is 0 Å². The summed E-state index contributed by atoms with van der Waals surface area (Å²) in [6.07, 6.45) is 0. The van der Waals surface area contributed by atoms with E-state index in [4.69, 9.17) is 9.47 Å². The van der Waals surface area contributed by atoms with Crippen molar-refractivity contribution in [2.75, 3.05) is 11.9 Å². The van der Waals surface area contributed by atoms with Gasteiger partial charge in [-0.15, -0.1) is 11.3 Å². The molecule has 0 aliphatic carbocycles. The molecule has 4 rings (SSSR count). The van der Waals surface area contributed by atoms with Crippen LogP contribution in [0.15, 0.2) is 64.8 Å². The molecule has 0 fully saturated rings. The molecule has 0 spiro atoms. The van der Waals surface area contributed by atoms with Crippen LogP contribution in [0.2, 0.25) is 0 Å². The van der Waals surface area contributed by atoms with Crippen LogP contribution >= 0.6 is 11.3 Å². The van der Waals surface area contributed by atoms with Crippen LogP contribution in [0.5, 0.6) is 5.75 Å². The topological polar surface area (TPSA) is 99.0 Å². The second-order valence-corrected chi connectivity index (χ2v) is 7.86. The zero-order chi connectivity index (χ0) is 23.4. The van der Waals surface area contributed by atoms with E-state index in [0.717, 1.165) is 5.69 Å². The fraction of sp³-hybridized carbons (Fsp3) is 0.130. The zero-order valence-electron chi connectivity index (χ0n) is 17.4. The van der Waals surface area contributed by atoms with Crippen molar-refractivity contribution in [3.63, 3.8) is 0 Å². The highest BCUT2D eigenvalue weighted by Crippen LogP contribution is 2.15. The number of hydrogen-bond donors (Lipinski definition) is 1. The number of anilines is 1. The maximum absolute atomic E-state index is 12.9. The molecular formula is C23H18FN3O5S. The summed E-state index contributed by atoms with van der Waals surface area (Å²) in [4.78, 5) is 41.4. The van der Waals surface area contributed by atoms with Gasteiger partial charge in [0.25, 0.3) is 11.5 Å². The van der Waals surface area contributed by atoms with Gasteiger partial charge in [-0.1, -0.05) is 0 Å². The molecular weight excluding hydrogens is 449 g/mol. The van der Waals surface area contributed by atoms with Gasteiger partial charge in [-0.2, -0.15) is 0 Å².